The van der Waals surface area contributed by atoms with E-state index in [9.17, 15) is 9.59 Å². The topological polar surface area (TPSA) is 66.4 Å². The van der Waals surface area contributed by atoms with E-state index in [0.717, 1.165) is 0 Å². The highest BCUT2D eigenvalue weighted by molar-refractivity contribution is 6.31. The monoisotopic (exact) mass is 155 g/mol. The van der Waals surface area contributed by atoms with E-state index in [1.54, 1.807) is 6.92 Å². The zero-order valence-electron chi connectivity index (χ0n) is 6.13. The zero-order valence-corrected chi connectivity index (χ0v) is 6.13. The van der Waals surface area contributed by atoms with Crippen molar-refractivity contribution in [3.05, 3.63) is 0 Å². The van der Waals surface area contributed by atoms with Gasteiger partial charge in [0, 0.05) is 0 Å². The number of aliphatic carboxylic acids is 1. The molecule has 1 unspecified atom stereocenters. The van der Waals surface area contributed by atoms with E-state index >= 15 is 0 Å². The van der Waals surface area contributed by atoms with E-state index in [0.29, 0.717) is 6.42 Å². The Morgan fingerprint density at radius 2 is 2.27 bits per heavy atom. The number of amides is 1. The van der Waals surface area contributed by atoms with Crippen LogP contribution >= 0.6 is 0 Å². The maximum absolute atomic E-state index is 10.5. The predicted octanol–water partition coefficient (Wildman–Crippen LogP) is -0.401. The largest absolute Gasteiger partial charge is 0.474 e. The Labute approximate surface area is 64.6 Å². The molecule has 0 radical (unpaired) electrons. The van der Waals surface area contributed by atoms with E-state index in [-0.39, 0.29) is 0 Å². The number of terminal acetylenes is 1. The lowest BCUT2D eigenvalue weighted by molar-refractivity contribution is -0.150. The standard InChI is InChI=1S/C7H9NO3/c1-3-5(4-2)8-6(9)7(10)11/h1,5H,4H2,2H3,(H,8,9)(H,10,11). The Kier molecular flexibility index (Phi) is 3.75. The predicted molar refractivity (Wildman–Crippen MR) is 38.7 cm³/mol. The van der Waals surface area contributed by atoms with Crippen LogP contribution < -0.4 is 5.32 Å². The molecule has 0 fully saturated rings. The molecule has 4 nitrogen and oxygen atoms in total. The molecule has 0 aliphatic carbocycles. The minimum absolute atomic E-state index is 0.487. The van der Waals surface area contributed by atoms with Crippen molar-refractivity contribution in [3.63, 3.8) is 0 Å². The third kappa shape index (κ3) is 3.26. The van der Waals surface area contributed by atoms with Crippen LogP contribution in [0, 0.1) is 12.3 Å². The van der Waals surface area contributed by atoms with Crippen molar-refractivity contribution >= 4 is 11.9 Å². The SMILES string of the molecule is C#CC(CC)NC(=O)C(=O)O. The Morgan fingerprint density at radius 1 is 1.73 bits per heavy atom. The summed E-state index contributed by atoms with van der Waals surface area (Å²) in [4.78, 5) is 20.5. The summed E-state index contributed by atoms with van der Waals surface area (Å²) >= 11 is 0. The molecule has 0 spiro atoms. The molecule has 0 aliphatic heterocycles. The van der Waals surface area contributed by atoms with Gasteiger partial charge in [-0.25, -0.2) is 4.79 Å². The number of hydrogen-bond acceptors (Lipinski definition) is 2. The van der Waals surface area contributed by atoms with Crippen LogP contribution in [0.4, 0.5) is 0 Å². The maximum Gasteiger partial charge on any atom is 0.394 e. The van der Waals surface area contributed by atoms with E-state index in [4.69, 9.17) is 11.5 Å². The van der Waals surface area contributed by atoms with Gasteiger partial charge in [-0.2, -0.15) is 0 Å². The maximum atomic E-state index is 10.5. The third-order valence-electron chi connectivity index (χ3n) is 1.11. The normalized spacial score (nSPS) is 11.3. The molecule has 1 amide bonds. The van der Waals surface area contributed by atoms with Gasteiger partial charge in [-0.15, -0.1) is 6.42 Å². The number of carboxylic acids is 1. The van der Waals surface area contributed by atoms with Crippen molar-refractivity contribution in [1.82, 2.24) is 5.32 Å². The second-order valence-electron chi connectivity index (χ2n) is 1.91. The fourth-order valence-electron chi connectivity index (χ4n) is 0.482. The average Bonchev–Trinajstić information content (AvgIpc) is 1.99. The van der Waals surface area contributed by atoms with Gasteiger partial charge in [0.1, 0.15) is 0 Å². The molecule has 4 heteroatoms. The third-order valence-corrected chi connectivity index (χ3v) is 1.11. The highest BCUT2D eigenvalue weighted by Crippen LogP contribution is 1.86. The number of carbonyl (C=O) groups is 2. The first-order chi connectivity index (χ1) is 5.11. The Balaban J connectivity index is 3.94. The van der Waals surface area contributed by atoms with Crippen molar-refractivity contribution in [2.24, 2.45) is 0 Å². The van der Waals surface area contributed by atoms with E-state index in [2.05, 4.69) is 11.2 Å². The minimum Gasteiger partial charge on any atom is -0.474 e. The smallest absolute Gasteiger partial charge is 0.394 e. The summed E-state index contributed by atoms with van der Waals surface area (Å²) in [6.45, 7) is 1.76. The second-order valence-corrected chi connectivity index (χ2v) is 1.91. The fraction of sp³-hybridized carbons (Fsp3) is 0.429. The summed E-state index contributed by atoms with van der Waals surface area (Å²) in [5, 5.41) is 10.3. The van der Waals surface area contributed by atoms with Crippen LogP contribution in [-0.4, -0.2) is 23.0 Å². The Hall–Kier alpha value is -1.50. The van der Waals surface area contributed by atoms with Crippen molar-refractivity contribution < 1.29 is 14.7 Å². The van der Waals surface area contributed by atoms with Crippen LogP contribution in [-0.2, 0) is 9.59 Å². The molecule has 0 heterocycles. The number of carboxylic acid groups (broad SMARTS) is 1. The van der Waals surface area contributed by atoms with Crippen LogP contribution in [0.25, 0.3) is 0 Å². The average molecular weight is 155 g/mol. The van der Waals surface area contributed by atoms with E-state index in [1.807, 2.05) is 0 Å². The number of nitrogens with one attached hydrogen (secondary N) is 1. The molecule has 0 rings (SSSR count). The summed E-state index contributed by atoms with van der Waals surface area (Å²) in [6, 6.07) is -0.487. The number of rotatable bonds is 2. The molecule has 0 aromatic rings. The highest BCUT2D eigenvalue weighted by Gasteiger charge is 2.13. The first-order valence-electron chi connectivity index (χ1n) is 3.11. The van der Waals surface area contributed by atoms with E-state index in [1.165, 1.54) is 0 Å². The summed E-state index contributed by atoms with van der Waals surface area (Å²) < 4.78 is 0. The highest BCUT2D eigenvalue weighted by atomic mass is 16.4. The van der Waals surface area contributed by atoms with Crippen LogP contribution in [0.5, 0.6) is 0 Å². The van der Waals surface area contributed by atoms with Gasteiger partial charge in [0.05, 0.1) is 6.04 Å². The Bertz CT molecular complexity index is 204. The summed E-state index contributed by atoms with van der Waals surface area (Å²) in [6.07, 6.45) is 5.50. The molecule has 60 valence electrons. The second kappa shape index (κ2) is 4.34. The van der Waals surface area contributed by atoms with Crippen molar-refractivity contribution in [1.29, 1.82) is 0 Å². The molecule has 0 aromatic carbocycles. The van der Waals surface area contributed by atoms with Gasteiger partial charge in [-0.3, -0.25) is 4.79 Å². The Morgan fingerprint density at radius 3 is 2.55 bits per heavy atom. The lowest BCUT2D eigenvalue weighted by Gasteiger charge is -2.06. The van der Waals surface area contributed by atoms with Crippen LogP contribution in [0.1, 0.15) is 13.3 Å². The molecule has 0 saturated heterocycles. The van der Waals surface area contributed by atoms with Crippen molar-refractivity contribution in [3.8, 4) is 12.3 Å². The molecule has 11 heavy (non-hydrogen) atoms. The van der Waals surface area contributed by atoms with Crippen molar-refractivity contribution in [2.45, 2.75) is 19.4 Å². The molecule has 0 bridgehead atoms. The van der Waals surface area contributed by atoms with E-state index < -0.39 is 17.9 Å². The number of hydrogen-bond donors (Lipinski definition) is 2. The van der Waals surface area contributed by atoms with Gasteiger partial charge < -0.3 is 10.4 Å². The minimum atomic E-state index is -1.52. The molecule has 0 saturated carbocycles. The van der Waals surface area contributed by atoms with Gasteiger partial charge in [-0.1, -0.05) is 12.8 Å². The summed E-state index contributed by atoms with van der Waals surface area (Å²) in [5.41, 5.74) is 0. The van der Waals surface area contributed by atoms with Crippen LogP contribution in [0.15, 0.2) is 0 Å². The van der Waals surface area contributed by atoms with Crippen molar-refractivity contribution in [2.75, 3.05) is 0 Å². The van der Waals surface area contributed by atoms with Gasteiger partial charge in [0.15, 0.2) is 0 Å². The van der Waals surface area contributed by atoms with Gasteiger partial charge in [0.2, 0.25) is 0 Å². The lowest BCUT2D eigenvalue weighted by Crippen LogP contribution is -2.37. The summed E-state index contributed by atoms with van der Waals surface area (Å²) in [7, 11) is 0. The molecular weight excluding hydrogens is 146 g/mol. The van der Waals surface area contributed by atoms with Crippen LogP contribution in [0.2, 0.25) is 0 Å². The number of carbonyl (C=O) groups excluding carboxylic acids is 1. The molecule has 0 aliphatic rings. The lowest BCUT2D eigenvalue weighted by atomic mass is 10.2. The van der Waals surface area contributed by atoms with Gasteiger partial charge in [0.25, 0.3) is 0 Å². The van der Waals surface area contributed by atoms with Crippen LogP contribution in [0.3, 0.4) is 0 Å². The quantitative estimate of drug-likeness (QED) is 0.421. The molecular formula is C7H9NO3. The van der Waals surface area contributed by atoms with Gasteiger partial charge >= 0.3 is 11.9 Å². The molecule has 2 N–H and O–H groups in total. The van der Waals surface area contributed by atoms with Gasteiger partial charge in [-0.05, 0) is 6.42 Å². The fourth-order valence-corrected chi connectivity index (χ4v) is 0.482. The zero-order chi connectivity index (χ0) is 8.85. The first-order valence-corrected chi connectivity index (χ1v) is 3.11. The molecule has 1 atom stereocenters. The molecule has 0 aromatic heterocycles. The first kappa shape index (κ1) is 9.50. The summed E-state index contributed by atoms with van der Waals surface area (Å²) in [5.74, 6) is -0.333.